The first-order valence-corrected chi connectivity index (χ1v) is 7.92. The van der Waals surface area contributed by atoms with Gasteiger partial charge in [-0.25, -0.2) is 4.98 Å². The topological polar surface area (TPSA) is 31.4 Å². The molecule has 1 aromatic heterocycles. The molecule has 19 heavy (non-hydrogen) atoms. The summed E-state index contributed by atoms with van der Waals surface area (Å²) in [6.07, 6.45) is 3.09. The lowest BCUT2D eigenvalue weighted by Crippen LogP contribution is -2.51. The third-order valence-electron chi connectivity index (χ3n) is 3.95. The van der Waals surface area contributed by atoms with Gasteiger partial charge in [-0.2, -0.15) is 0 Å². The first kappa shape index (κ1) is 13.6. The Bertz CT molecular complexity index is 442. The maximum Gasteiger partial charge on any atom is 0.147 e. The van der Waals surface area contributed by atoms with Crippen LogP contribution in [0.4, 0.5) is 5.82 Å². The van der Waals surface area contributed by atoms with E-state index in [4.69, 9.17) is 11.6 Å². The third kappa shape index (κ3) is 3.05. The van der Waals surface area contributed by atoms with Crippen molar-refractivity contribution in [3.05, 3.63) is 21.8 Å². The molecule has 2 saturated heterocycles. The molecule has 3 heterocycles. The van der Waals surface area contributed by atoms with E-state index in [1.807, 2.05) is 12.3 Å². The Labute approximate surface area is 127 Å². The molecule has 0 bridgehead atoms. The lowest BCUT2D eigenvalue weighted by atomic mass is 10.2. The number of halogens is 2. The summed E-state index contributed by atoms with van der Waals surface area (Å²) in [4.78, 5) is 9.31. The number of anilines is 1. The van der Waals surface area contributed by atoms with Crippen LogP contribution in [0, 0.1) is 0 Å². The highest BCUT2D eigenvalue weighted by Crippen LogP contribution is 2.27. The second-order valence-electron chi connectivity index (χ2n) is 5.13. The number of hydrogen-bond donors (Lipinski definition) is 1. The number of pyridine rings is 1. The Balaban J connectivity index is 1.63. The molecule has 0 radical (unpaired) electrons. The van der Waals surface area contributed by atoms with E-state index in [-0.39, 0.29) is 0 Å². The first-order valence-electron chi connectivity index (χ1n) is 6.75. The molecule has 0 amide bonds. The number of hydrogen-bond acceptors (Lipinski definition) is 4. The lowest BCUT2D eigenvalue weighted by molar-refractivity contribution is 0.196. The zero-order valence-electron chi connectivity index (χ0n) is 10.8. The van der Waals surface area contributed by atoms with Gasteiger partial charge in [-0.15, -0.1) is 0 Å². The smallest absolute Gasteiger partial charge is 0.147 e. The highest BCUT2D eigenvalue weighted by molar-refractivity contribution is 9.10. The van der Waals surface area contributed by atoms with E-state index >= 15 is 0 Å². The molecule has 1 aromatic rings. The minimum Gasteiger partial charge on any atom is -0.353 e. The highest BCUT2D eigenvalue weighted by atomic mass is 79.9. The van der Waals surface area contributed by atoms with E-state index in [1.54, 1.807) is 0 Å². The van der Waals surface area contributed by atoms with Crippen molar-refractivity contribution in [2.75, 3.05) is 44.2 Å². The van der Waals surface area contributed by atoms with Crippen LogP contribution in [0.2, 0.25) is 5.02 Å². The maximum absolute atomic E-state index is 6.27. The minimum atomic E-state index is 0.718. The molecule has 3 rings (SSSR count). The molecule has 2 fully saturated rings. The molecule has 2 aliphatic heterocycles. The van der Waals surface area contributed by atoms with Crippen LogP contribution in [0.15, 0.2) is 16.7 Å². The first-order chi connectivity index (χ1) is 9.24. The molecule has 4 nitrogen and oxygen atoms in total. The summed E-state index contributed by atoms with van der Waals surface area (Å²) in [6.45, 7) is 6.50. The Morgan fingerprint density at radius 3 is 2.74 bits per heavy atom. The molecule has 1 N–H and O–H groups in total. The van der Waals surface area contributed by atoms with Gasteiger partial charge >= 0.3 is 0 Å². The highest BCUT2D eigenvalue weighted by Gasteiger charge is 2.27. The summed E-state index contributed by atoms with van der Waals surface area (Å²) in [7, 11) is 0. The van der Waals surface area contributed by atoms with Crippen LogP contribution in [-0.2, 0) is 0 Å². The normalized spacial score (nSPS) is 24.9. The third-order valence-corrected chi connectivity index (χ3v) is 4.66. The summed E-state index contributed by atoms with van der Waals surface area (Å²) < 4.78 is 0.928. The average Bonchev–Trinajstić information content (AvgIpc) is 2.93. The van der Waals surface area contributed by atoms with Crippen LogP contribution in [0.5, 0.6) is 0 Å². The fraction of sp³-hybridized carbons (Fsp3) is 0.615. The van der Waals surface area contributed by atoms with E-state index in [0.717, 1.165) is 60.6 Å². The van der Waals surface area contributed by atoms with Crippen molar-refractivity contribution in [3.8, 4) is 0 Å². The molecular weight excluding hydrogens is 328 g/mol. The molecule has 0 aliphatic carbocycles. The predicted octanol–water partition coefficient (Wildman–Crippen LogP) is 1.98. The van der Waals surface area contributed by atoms with Crippen molar-refractivity contribution in [2.45, 2.75) is 12.5 Å². The molecule has 1 unspecified atom stereocenters. The van der Waals surface area contributed by atoms with E-state index in [9.17, 15) is 0 Å². The maximum atomic E-state index is 6.27. The fourth-order valence-electron chi connectivity index (χ4n) is 2.89. The van der Waals surface area contributed by atoms with Crippen molar-refractivity contribution in [2.24, 2.45) is 0 Å². The summed E-state index contributed by atoms with van der Waals surface area (Å²) in [6, 6.07) is 2.63. The van der Waals surface area contributed by atoms with Gasteiger partial charge < -0.3 is 10.2 Å². The summed E-state index contributed by atoms with van der Waals surface area (Å²) in [5, 5.41) is 4.16. The standard InChI is InChI=1S/C13H18BrClN4/c14-10-7-12(15)13(17-8-10)19-5-3-18(4-6-19)11-1-2-16-9-11/h7-8,11,16H,1-6,9H2. The van der Waals surface area contributed by atoms with Crippen molar-refractivity contribution < 1.29 is 0 Å². The van der Waals surface area contributed by atoms with Crippen molar-refractivity contribution >= 4 is 33.3 Å². The molecule has 0 aromatic carbocycles. The summed E-state index contributed by atoms with van der Waals surface area (Å²) in [5.74, 6) is 0.911. The van der Waals surface area contributed by atoms with Crippen molar-refractivity contribution in [1.29, 1.82) is 0 Å². The van der Waals surface area contributed by atoms with Crippen molar-refractivity contribution in [3.63, 3.8) is 0 Å². The number of piperazine rings is 1. The summed E-state index contributed by atoms with van der Waals surface area (Å²) >= 11 is 9.66. The Morgan fingerprint density at radius 1 is 1.32 bits per heavy atom. The van der Waals surface area contributed by atoms with Gasteiger partial charge in [0.1, 0.15) is 5.82 Å². The molecular formula is C13H18BrClN4. The summed E-state index contributed by atoms with van der Waals surface area (Å²) in [5.41, 5.74) is 0. The molecule has 6 heteroatoms. The van der Waals surface area contributed by atoms with E-state index in [0.29, 0.717) is 0 Å². The Morgan fingerprint density at radius 2 is 2.11 bits per heavy atom. The predicted molar refractivity (Wildman–Crippen MR) is 82.0 cm³/mol. The molecule has 1 atom stereocenters. The van der Waals surface area contributed by atoms with Gasteiger partial charge in [0, 0.05) is 49.4 Å². The molecule has 0 saturated carbocycles. The van der Waals surface area contributed by atoms with Gasteiger partial charge in [0.15, 0.2) is 0 Å². The van der Waals surface area contributed by atoms with Crippen LogP contribution in [-0.4, -0.2) is 55.2 Å². The number of rotatable bonds is 2. The Hall–Kier alpha value is -0.360. The van der Waals surface area contributed by atoms with Gasteiger partial charge in [-0.3, -0.25) is 4.90 Å². The zero-order valence-corrected chi connectivity index (χ0v) is 13.1. The number of aromatic nitrogens is 1. The van der Waals surface area contributed by atoms with Gasteiger partial charge in [-0.1, -0.05) is 11.6 Å². The lowest BCUT2D eigenvalue weighted by Gasteiger charge is -2.38. The number of nitrogens with one attached hydrogen (secondary N) is 1. The van der Waals surface area contributed by atoms with E-state index < -0.39 is 0 Å². The average molecular weight is 346 g/mol. The van der Waals surface area contributed by atoms with E-state index in [1.165, 1.54) is 6.42 Å². The second-order valence-corrected chi connectivity index (χ2v) is 6.45. The van der Waals surface area contributed by atoms with Crippen LogP contribution in [0.3, 0.4) is 0 Å². The van der Waals surface area contributed by atoms with Crippen LogP contribution < -0.4 is 10.2 Å². The van der Waals surface area contributed by atoms with Crippen LogP contribution in [0.25, 0.3) is 0 Å². The quantitative estimate of drug-likeness (QED) is 0.888. The molecule has 0 spiro atoms. The SMILES string of the molecule is Clc1cc(Br)cnc1N1CCN(C2CCNC2)CC1. The molecule has 2 aliphatic rings. The van der Waals surface area contributed by atoms with E-state index in [2.05, 4.69) is 36.0 Å². The van der Waals surface area contributed by atoms with Gasteiger partial charge in [-0.05, 0) is 35.0 Å². The van der Waals surface area contributed by atoms with Gasteiger partial charge in [0.2, 0.25) is 0 Å². The Kier molecular flexibility index (Phi) is 4.27. The monoisotopic (exact) mass is 344 g/mol. The van der Waals surface area contributed by atoms with Gasteiger partial charge in [0.05, 0.1) is 5.02 Å². The van der Waals surface area contributed by atoms with Crippen LogP contribution in [0.1, 0.15) is 6.42 Å². The second kappa shape index (κ2) is 5.95. The van der Waals surface area contributed by atoms with Gasteiger partial charge in [0.25, 0.3) is 0 Å². The molecule has 104 valence electrons. The number of nitrogens with zero attached hydrogens (tertiary/aromatic N) is 3. The largest absolute Gasteiger partial charge is 0.353 e. The van der Waals surface area contributed by atoms with Crippen molar-refractivity contribution in [1.82, 2.24) is 15.2 Å². The fourth-order valence-corrected chi connectivity index (χ4v) is 3.64. The van der Waals surface area contributed by atoms with Crippen LogP contribution >= 0.6 is 27.5 Å². The minimum absolute atomic E-state index is 0.718. The zero-order chi connectivity index (χ0) is 13.2.